The second-order valence-electron chi connectivity index (χ2n) is 6.21. The summed E-state index contributed by atoms with van der Waals surface area (Å²) in [5.41, 5.74) is 4.45. The van der Waals surface area contributed by atoms with E-state index in [0.717, 1.165) is 34.4 Å². The molecule has 1 N–H and O–H groups in total. The van der Waals surface area contributed by atoms with Crippen LogP contribution in [0.3, 0.4) is 0 Å². The van der Waals surface area contributed by atoms with Crippen LogP contribution in [0.4, 0.5) is 0 Å². The first kappa shape index (κ1) is 19.6. The van der Waals surface area contributed by atoms with E-state index >= 15 is 0 Å². The molecule has 0 spiro atoms. The zero-order chi connectivity index (χ0) is 19.3. The fourth-order valence-corrected chi connectivity index (χ4v) is 2.94. The third-order valence-corrected chi connectivity index (χ3v) is 4.56. The predicted molar refractivity (Wildman–Crippen MR) is 104 cm³/mol. The number of benzene rings is 1. The highest BCUT2D eigenvalue weighted by Crippen LogP contribution is 2.25. The van der Waals surface area contributed by atoms with Crippen molar-refractivity contribution in [2.75, 3.05) is 28.3 Å². The van der Waals surface area contributed by atoms with Gasteiger partial charge in [0.1, 0.15) is 11.5 Å². The minimum absolute atomic E-state index is 0.665. The quantitative estimate of drug-likeness (QED) is 0.633. The largest absolute Gasteiger partial charge is 0.497 e. The Morgan fingerprint density at radius 3 is 2.54 bits per heavy atom. The molecule has 0 fully saturated rings. The number of nitrogens with one attached hydrogen (secondary N) is 1. The van der Waals surface area contributed by atoms with Crippen LogP contribution in [0.2, 0.25) is 0 Å². The van der Waals surface area contributed by atoms with E-state index in [4.69, 9.17) is 9.47 Å². The molecule has 0 saturated heterocycles. The van der Waals surface area contributed by atoms with Crippen LogP contribution in [0.15, 0.2) is 23.2 Å². The van der Waals surface area contributed by atoms with E-state index in [2.05, 4.69) is 27.2 Å². The summed E-state index contributed by atoms with van der Waals surface area (Å²) in [6, 6.07) is 5.84. The second kappa shape index (κ2) is 8.60. The van der Waals surface area contributed by atoms with Crippen LogP contribution in [-0.2, 0) is 20.1 Å². The van der Waals surface area contributed by atoms with Gasteiger partial charge in [0.05, 0.1) is 19.9 Å². The lowest BCUT2D eigenvalue weighted by molar-refractivity contribution is 0.382. The molecule has 0 saturated carbocycles. The molecule has 0 bridgehead atoms. The minimum atomic E-state index is 0.665. The number of ether oxygens (including phenoxy) is 2. The summed E-state index contributed by atoms with van der Waals surface area (Å²) >= 11 is 0. The topological polar surface area (TPSA) is 63.9 Å². The summed E-state index contributed by atoms with van der Waals surface area (Å²) in [4.78, 5) is 6.45. The van der Waals surface area contributed by atoms with Crippen LogP contribution in [0.5, 0.6) is 11.5 Å². The van der Waals surface area contributed by atoms with Gasteiger partial charge in [0, 0.05) is 57.1 Å². The van der Waals surface area contributed by atoms with Crippen molar-refractivity contribution >= 4 is 5.96 Å². The third-order valence-electron chi connectivity index (χ3n) is 4.56. The number of methoxy groups -OCH3 is 2. The van der Waals surface area contributed by atoms with Gasteiger partial charge in [-0.3, -0.25) is 9.67 Å². The molecule has 7 heteroatoms. The Balaban J connectivity index is 2.08. The summed E-state index contributed by atoms with van der Waals surface area (Å²) in [5, 5.41) is 7.88. The molecule has 1 aromatic heterocycles. The van der Waals surface area contributed by atoms with Crippen molar-refractivity contribution in [3.8, 4) is 11.5 Å². The van der Waals surface area contributed by atoms with Crippen LogP contribution in [0.25, 0.3) is 0 Å². The Bertz CT molecular complexity index is 782. The molecule has 0 aliphatic rings. The Labute approximate surface area is 155 Å². The van der Waals surface area contributed by atoms with Crippen molar-refractivity contribution in [2.24, 2.45) is 12.0 Å². The number of hydrogen-bond donors (Lipinski definition) is 1. The number of hydrogen-bond acceptors (Lipinski definition) is 4. The van der Waals surface area contributed by atoms with E-state index in [9.17, 15) is 0 Å². The highest BCUT2D eigenvalue weighted by atomic mass is 16.5. The van der Waals surface area contributed by atoms with Crippen LogP contribution >= 0.6 is 0 Å². The molecule has 0 aliphatic carbocycles. The van der Waals surface area contributed by atoms with Crippen molar-refractivity contribution in [1.82, 2.24) is 20.0 Å². The molecule has 1 aromatic carbocycles. The number of aryl methyl sites for hydroxylation is 2. The smallest absolute Gasteiger partial charge is 0.193 e. The predicted octanol–water partition coefficient (Wildman–Crippen LogP) is 2.26. The number of aromatic nitrogens is 2. The molecular formula is C19H29N5O2. The molecule has 2 rings (SSSR count). The fourth-order valence-electron chi connectivity index (χ4n) is 2.94. The molecule has 2 aromatic rings. The maximum atomic E-state index is 5.49. The normalized spacial score (nSPS) is 11.4. The average Bonchev–Trinajstić information content (AvgIpc) is 2.88. The highest BCUT2D eigenvalue weighted by Gasteiger charge is 2.14. The number of nitrogens with zero attached hydrogens (tertiary/aromatic N) is 4. The van der Waals surface area contributed by atoms with Gasteiger partial charge >= 0.3 is 0 Å². The van der Waals surface area contributed by atoms with Crippen molar-refractivity contribution in [3.63, 3.8) is 0 Å². The Morgan fingerprint density at radius 1 is 1.27 bits per heavy atom. The van der Waals surface area contributed by atoms with E-state index < -0.39 is 0 Å². The Hall–Kier alpha value is -2.70. The highest BCUT2D eigenvalue weighted by molar-refractivity contribution is 5.79. The van der Waals surface area contributed by atoms with E-state index in [1.165, 1.54) is 5.56 Å². The van der Waals surface area contributed by atoms with Gasteiger partial charge in [-0.25, -0.2) is 0 Å². The molecule has 142 valence electrons. The molecule has 0 atom stereocenters. The summed E-state index contributed by atoms with van der Waals surface area (Å²) in [7, 11) is 9.06. The van der Waals surface area contributed by atoms with Crippen molar-refractivity contribution < 1.29 is 9.47 Å². The lowest BCUT2D eigenvalue weighted by Gasteiger charge is -2.23. The number of guanidine groups is 1. The standard InChI is InChI=1S/C19H29N5O2/c1-13-17(14(2)24(5)22-13)11-21-19(20-3)23(4)12-15-8-9-16(25-6)10-18(15)26-7/h8-10H,11-12H2,1-7H3,(H,20,21). The Morgan fingerprint density at radius 2 is 2.00 bits per heavy atom. The zero-order valence-electron chi connectivity index (χ0n) is 16.8. The van der Waals surface area contributed by atoms with Gasteiger partial charge in [-0.05, 0) is 26.0 Å². The maximum absolute atomic E-state index is 5.49. The monoisotopic (exact) mass is 359 g/mol. The van der Waals surface area contributed by atoms with Crippen molar-refractivity contribution in [1.29, 1.82) is 0 Å². The zero-order valence-corrected chi connectivity index (χ0v) is 16.8. The number of rotatable bonds is 6. The van der Waals surface area contributed by atoms with Crippen LogP contribution in [0, 0.1) is 13.8 Å². The maximum Gasteiger partial charge on any atom is 0.193 e. The van der Waals surface area contributed by atoms with E-state index in [-0.39, 0.29) is 0 Å². The SMILES string of the molecule is CN=C(NCc1c(C)nn(C)c1C)N(C)Cc1ccc(OC)cc1OC. The van der Waals surface area contributed by atoms with E-state index in [1.54, 1.807) is 21.3 Å². The fraction of sp³-hybridized carbons (Fsp3) is 0.474. The van der Waals surface area contributed by atoms with Crippen molar-refractivity contribution in [2.45, 2.75) is 26.9 Å². The summed E-state index contributed by atoms with van der Waals surface area (Å²) in [5.74, 6) is 2.38. The molecule has 7 nitrogen and oxygen atoms in total. The summed E-state index contributed by atoms with van der Waals surface area (Å²) in [6.45, 7) is 5.45. The van der Waals surface area contributed by atoms with E-state index in [0.29, 0.717) is 13.1 Å². The molecule has 0 amide bonds. The van der Waals surface area contributed by atoms with E-state index in [1.807, 2.05) is 43.9 Å². The molecule has 1 heterocycles. The van der Waals surface area contributed by atoms with Gasteiger partial charge in [0.15, 0.2) is 5.96 Å². The third kappa shape index (κ3) is 4.28. The van der Waals surface area contributed by atoms with Gasteiger partial charge in [0.2, 0.25) is 0 Å². The second-order valence-corrected chi connectivity index (χ2v) is 6.21. The van der Waals surface area contributed by atoms with Crippen LogP contribution in [-0.4, -0.2) is 49.0 Å². The van der Waals surface area contributed by atoms with Gasteiger partial charge < -0.3 is 19.7 Å². The first-order valence-corrected chi connectivity index (χ1v) is 8.53. The van der Waals surface area contributed by atoms with Gasteiger partial charge in [-0.1, -0.05) is 0 Å². The minimum Gasteiger partial charge on any atom is -0.497 e. The lowest BCUT2D eigenvalue weighted by atomic mass is 10.2. The molecule has 0 aliphatic heterocycles. The van der Waals surface area contributed by atoms with Crippen LogP contribution in [0.1, 0.15) is 22.5 Å². The van der Waals surface area contributed by atoms with Crippen molar-refractivity contribution in [3.05, 3.63) is 40.7 Å². The van der Waals surface area contributed by atoms with Gasteiger partial charge in [-0.15, -0.1) is 0 Å². The first-order valence-electron chi connectivity index (χ1n) is 8.53. The number of aliphatic imine (C=N–C) groups is 1. The average molecular weight is 359 g/mol. The molecule has 0 unspecified atom stereocenters. The molecule has 0 radical (unpaired) electrons. The lowest BCUT2D eigenvalue weighted by Crippen LogP contribution is -2.38. The molecular weight excluding hydrogens is 330 g/mol. The van der Waals surface area contributed by atoms with Gasteiger partial charge in [-0.2, -0.15) is 5.10 Å². The van der Waals surface area contributed by atoms with Crippen LogP contribution < -0.4 is 14.8 Å². The molecule has 26 heavy (non-hydrogen) atoms. The Kier molecular flexibility index (Phi) is 6.49. The van der Waals surface area contributed by atoms with Gasteiger partial charge in [0.25, 0.3) is 0 Å². The summed E-state index contributed by atoms with van der Waals surface area (Å²) < 4.78 is 12.7. The first-order chi connectivity index (χ1) is 12.4. The summed E-state index contributed by atoms with van der Waals surface area (Å²) in [6.07, 6.45) is 0.